The Morgan fingerprint density at radius 2 is 2.10 bits per heavy atom. The Bertz CT molecular complexity index is 558. The average molecular weight is 288 g/mol. The molecule has 112 valence electrons. The Kier molecular flexibility index (Phi) is 5.51. The summed E-state index contributed by atoms with van der Waals surface area (Å²) in [5.41, 5.74) is 1.67. The van der Waals surface area contributed by atoms with E-state index in [1.807, 2.05) is 19.1 Å². The first-order chi connectivity index (χ1) is 10.2. The number of pyridine rings is 2. The molecule has 1 unspecified atom stereocenters. The fourth-order valence-electron chi connectivity index (χ4n) is 1.91. The highest BCUT2D eigenvalue weighted by atomic mass is 16.5. The lowest BCUT2D eigenvalue weighted by Crippen LogP contribution is -2.04. The minimum Gasteiger partial charge on any atom is -0.492 e. The second kappa shape index (κ2) is 7.59. The van der Waals surface area contributed by atoms with Crippen LogP contribution in [0.25, 0.3) is 0 Å². The number of aromatic nitrogens is 2. The number of nitrogens with zero attached hydrogens (tertiary/aromatic N) is 2. The highest BCUT2D eigenvalue weighted by Crippen LogP contribution is 2.21. The number of aliphatic hydroxyl groups excluding tert-OH is 1. The molecule has 5 nitrogen and oxygen atoms in total. The molecule has 0 aliphatic heterocycles. The van der Waals surface area contributed by atoms with Crippen molar-refractivity contribution in [2.75, 3.05) is 13.7 Å². The van der Waals surface area contributed by atoms with Crippen molar-refractivity contribution in [1.29, 1.82) is 0 Å². The van der Waals surface area contributed by atoms with Crippen molar-refractivity contribution < 1.29 is 14.6 Å². The van der Waals surface area contributed by atoms with Crippen molar-refractivity contribution in [2.45, 2.75) is 25.9 Å². The molecule has 0 saturated carbocycles. The second-order valence-electron chi connectivity index (χ2n) is 4.73. The molecule has 0 fully saturated rings. The summed E-state index contributed by atoms with van der Waals surface area (Å²) in [7, 11) is 1.57. The number of ether oxygens (including phenoxy) is 2. The van der Waals surface area contributed by atoms with Gasteiger partial charge in [0.1, 0.15) is 5.75 Å². The predicted molar refractivity (Wildman–Crippen MR) is 79.5 cm³/mol. The van der Waals surface area contributed by atoms with Crippen LogP contribution in [-0.4, -0.2) is 28.8 Å². The molecule has 21 heavy (non-hydrogen) atoms. The summed E-state index contributed by atoms with van der Waals surface area (Å²) < 4.78 is 10.5. The zero-order valence-corrected chi connectivity index (χ0v) is 12.3. The molecule has 2 aromatic heterocycles. The van der Waals surface area contributed by atoms with E-state index >= 15 is 0 Å². The third-order valence-electron chi connectivity index (χ3n) is 3.03. The van der Waals surface area contributed by atoms with Crippen LogP contribution in [0.3, 0.4) is 0 Å². The third-order valence-corrected chi connectivity index (χ3v) is 3.03. The van der Waals surface area contributed by atoms with E-state index < -0.39 is 6.10 Å². The van der Waals surface area contributed by atoms with Crippen molar-refractivity contribution in [3.05, 3.63) is 47.9 Å². The monoisotopic (exact) mass is 288 g/mol. The van der Waals surface area contributed by atoms with Gasteiger partial charge in [-0.3, -0.25) is 4.98 Å². The molecule has 1 N–H and O–H groups in total. The number of hydrogen-bond donors (Lipinski definition) is 1. The number of aliphatic hydroxyl groups is 1. The first-order valence-corrected chi connectivity index (χ1v) is 6.97. The Morgan fingerprint density at radius 3 is 2.76 bits per heavy atom. The largest absolute Gasteiger partial charge is 0.492 e. The van der Waals surface area contributed by atoms with Gasteiger partial charge in [0.25, 0.3) is 0 Å². The molecule has 0 spiro atoms. The molecule has 0 aliphatic carbocycles. The SMILES string of the molecule is CCCOc1cncc(C(O)Cc2ccc(OC)nc2)c1. The second-order valence-corrected chi connectivity index (χ2v) is 4.73. The van der Waals surface area contributed by atoms with Crippen molar-refractivity contribution >= 4 is 0 Å². The maximum Gasteiger partial charge on any atom is 0.212 e. The van der Waals surface area contributed by atoms with Crippen molar-refractivity contribution in [2.24, 2.45) is 0 Å². The van der Waals surface area contributed by atoms with Crippen molar-refractivity contribution in [3.63, 3.8) is 0 Å². The quantitative estimate of drug-likeness (QED) is 0.848. The highest BCUT2D eigenvalue weighted by molar-refractivity contribution is 5.27. The van der Waals surface area contributed by atoms with Crippen LogP contribution in [0.5, 0.6) is 11.6 Å². The molecule has 0 aliphatic rings. The first kappa shape index (κ1) is 15.3. The van der Waals surface area contributed by atoms with Gasteiger partial charge in [-0.1, -0.05) is 13.0 Å². The van der Waals surface area contributed by atoms with Gasteiger partial charge >= 0.3 is 0 Å². The van der Waals surface area contributed by atoms with Gasteiger partial charge in [0.15, 0.2) is 0 Å². The normalized spacial score (nSPS) is 12.0. The van der Waals surface area contributed by atoms with Gasteiger partial charge in [0, 0.05) is 30.4 Å². The lowest BCUT2D eigenvalue weighted by molar-refractivity contribution is 0.177. The minimum absolute atomic E-state index is 0.468. The lowest BCUT2D eigenvalue weighted by atomic mass is 10.0. The molecule has 2 heterocycles. The zero-order chi connectivity index (χ0) is 15.1. The van der Waals surface area contributed by atoms with Crippen LogP contribution in [0.15, 0.2) is 36.8 Å². The summed E-state index contributed by atoms with van der Waals surface area (Å²) in [5, 5.41) is 10.3. The molecular weight excluding hydrogens is 268 g/mol. The van der Waals surface area contributed by atoms with Gasteiger partial charge in [-0.25, -0.2) is 4.98 Å². The van der Waals surface area contributed by atoms with Crippen LogP contribution in [0, 0.1) is 0 Å². The molecule has 0 radical (unpaired) electrons. The van der Waals surface area contributed by atoms with E-state index in [-0.39, 0.29) is 0 Å². The van der Waals surface area contributed by atoms with Crippen molar-refractivity contribution in [1.82, 2.24) is 9.97 Å². The number of hydrogen-bond acceptors (Lipinski definition) is 5. The van der Waals surface area contributed by atoms with Gasteiger partial charge in [-0.2, -0.15) is 0 Å². The molecule has 1 atom stereocenters. The molecule has 2 aromatic rings. The Balaban J connectivity index is 2.03. The smallest absolute Gasteiger partial charge is 0.212 e. The zero-order valence-electron chi connectivity index (χ0n) is 12.3. The topological polar surface area (TPSA) is 64.5 Å². The van der Waals surface area contributed by atoms with E-state index in [9.17, 15) is 5.11 Å². The van der Waals surface area contributed by atoms with Crippen LogP contribution < -0.4 is 9.47 Å². The Morgan fingerprint density at radius 1 is 1.24 bits per heavy atom. The lowest BCUT2D eigenvalue weighted by Gasteiger charge is -2.12. The molecule has 0 aromatic carbocycles. The van der Waals surface area contributed by atoms with Crippen LogP contribution in [0.1, 0.15) is 30.6 Å². The van der Waals surface area contributed by atoms with Crippen LogP contribution in [0.4, 0.5) is 0 Å². The Labute approximate surface area is 124 Å². The van der Waals surface area contributed by atoms with Crippen LogP contribution in [0.2, 0.25) is 0 Å². The third kappa shape index (κ3) is 4.43. The van der Waals surface area contributed by atoms with Crippen LogP contribution >= 0.6 is 0 Å². The summed E-state index contributed by atoms with van der Waals surface area (Å²) in [6, 6.07) is 5.49. The van der Waals surface area contributed by atoms with Gasteiger partial charge in [0.05, 0.1) is 26.0 Å². The molecular formula is C16H20N2O3. The molecule has 2 rings (SSSR count). The first-order valence-electron chi connectivity index (χ1n) is 6.97. The van der Waals surface area contributed by atoms with E-state index in [1.165, 1.54) is 0 Å². The Hall–Kier alpha value is -2.14. The van der Waals surface area contributed by atoms with Gasteiger partial charge in [0.2, 0.25) is 5.88 Å². The fraction of sp³-hybridized carbons (Fsp3) is 0.375. The van der Waals surface area contributed by atoms with E-state index in [0.717, 1.165) is 17.5 Å². The summed E-state index contributed by atoms with van der Waals surface area (Å²) >= 11 is 0. The van der Waals surface area contributed by atoms with E-state index in [4.69, 9.17) is 9.47 Å². The highest BCUT2D eigenvalue weighted by Gasteiger charge is 2.11. The maximum absolute atomic E-state index is 10.3. The fourth-order valence-corrected chi connectivity index (χ4v) is 1.91. The van der Waals surface area contributed by atoms with E-state index in [2.05, 4.69) is 9.97 Å². The minimum atomic E-state index is -0.641. The number of methoxy groups -OCH3 is 1. The molecule has 0 saturated heterocycles. The van der Waals surface area contributed by atoms with Crippen molar-refractivity contribution in [3.8, 4) is 11.6 Å². The van der Waals surface area contributed by atoms with Gasteiger partial charge in [-0.15, -0.1) is 0 Å². The molecule has 0 amide bonds. The molecule has 5 heteroatoms. The summed E-state index contributed by atoms with van der Waals surface area (Å²) in [6.07, 6.45) is 5.77. The average Bonchev–Trinajstić information content (AvgIpc) is 2.54. The summed E-state index contributed by atoms with van der Waals surface area (Å²) in [4.78, 5) is 8.24. The molecule has 0 bridgehead atoms. The summed E-state index contributed by atoms with van der Waals surface area (Å²) in [5.74, 6) is 1.24. The van der Waals surface area contributed by atoms with E-state index in [1.54, 1.807) is 31.8 Å². The standard InChI is InChI=1S/C16H20N2O3/c1-3-6-21-14-8-13(10-17-11-14)15(19)7-12-4-5-16(20-2)18-9-12/h4-5,8-11,15,19H,3,6-7H2,1-2H3. The predicted octanol–water partition coefficient (Wildman–Crippen LogP) is 2.55. The van der Waals surface area contributed by atoms with E-state index in [0.29, 0.717) is 24.7 Å². The van der Waals surface area contributed by atoms with Crippen LogP contribution in [-0.2, 0) is 6.42 Å². The van der Waals surface area contributed by atoms with Gasteiger partial charge in [-0.05, 0) is 18.1 Å². The summed E-state index contributed by atoms with van der Waals surface area (Å²) in [6.45, 7) is 2.69. The van der Waals surface area contributed by atoms with Gasteiger partial charge < -0.3 is 14.6 Å². The maximum atomic E-state index is 10.3. The number of rotatable bonds is 7.